The molecule has 0 radical (unpaired) electrons. The highest BCUT2D eigenvalue weighted by Gasteiger charge is 2.10. The van der Waals surface area contributed by atoms with Gasteiger partial charge >= 0.3 is 0 Å². The minimum Gasteiger partial charge on any atom is -0.382 e. The van der Waals surface area contributed by atoms with Gasteiger partial charge in [0.1, 0.15) is 0 Å². The quantitative estimate of drug-likeness (QED) is 0.477. The molecule has 1 aromatic carbocycles. The van der Waals surface area contributed by atoms with Crippen molar-refractivity contribution in [2.75, 3.05) is 32.8 Å². The second-order valence-electron chi connectivity index (χ2n) is 4.56. The molecule has 2 nitrogen and oxygen atoms in total. The zero-order valence-corrected chi connectivity index (χ0v) is 12.9. The van der Waals surface area contributed by atoms with Crippen LogP contribution in [0.25, 0.3) is 0 Å². The highest BCUT2D eigenvalue weighted by Crippen LogP contribution is 2.22. The van der Waals surface area contributed by atoms with E-state index in [9.17, 15) is 0 Å². The summed E-state index contributed by atoms with van der Waals surface area (Å²) in [7, 11) is 1.68. The largest absolute Gasteiger partial charge is 0.382 e. The summed E-state index contributed by atoms with van der Waals surface area (Å²) in [5.41, 5.74) is 1.18. The predicted octanol–water partition coefficient (Wildman–Crippen LogP) is 4.18. The number of alkyl halides is 1. The first-order valence-electron chi connectivity index (χ1n) is 6.64. The molecule has 4 heteroatoms. The van der Waals surface area contributed by atoms with Gasteiger partial charge < -0.3 is 9.47 Å². The Bertz CT molecular complexity index is 345. The van der Waals surface area contributed by atoms with E-state index in [0.717, 1.165) is 30.9 Å². The number of hydrogen-bond donors (Lipinski definition) is 0. The second kappa shape index (κ2) is 10.5. The number of rotatable bonds is 10. The minimum atomic E-state index is 0.451. The van der Waals surface area contributed by atoms with Crippen LogP contribution in [-0.4, -0.2) is 32.8 Å². The fraction of sp³-hybridized carbons (Fsp3) is 0.600. The lowest BCUT2D eigenvalue weighted by atomic mass is 9.96. The van der Waals surface area contributed by atoms with Crippen LogP contribution >= 0.6 is 23.2 Å². The Hall–Kier alpha value is -0.280. The van der Waals surface area contributed by atoms with Gasteiger partial charge in [-0.2, -0.15) is 0 Å². The van der Waals surface area contributed by atoms with E-state index in [0.29, 0.717) is 25.0 Å². The van der Waals surface area contributed by atoms with E-state index in [1.807, 2.05) is 18.2 Å². The molecule has 108 valence electrons. The summed E-state index contributed by atoms with van der Waals surface area (Å²) >= 11 is 12.2. The Kier molecular flexibility index (Phi) is 9.27. The Morgan fingerprint density at radius 1 is 1.16 bits per heavy atom. The van der Waals surface area contributed by atoms with Gasteiger partial charge in [0.05, 0.1) is 13.2 Å². The van der Waals surface area contributed by atoms with Gasteiger partial charge in [0.15, 0.2) is 0 Å². The Labute approximate surface area is 126 Å². The van der Waals surface area contributed by atoms with Crippen molar-refractivity contribution in [3.63, 3.8) is 0 Å². The van der Waals surface area contributed by atoms with Crippen LogP contribution in [-0.2, 0) is 15.9 Å². The van der Waals surface area contributed by atoms with E-state index in [1.54, 1.807) is 7.11 Å². The van der Waals surface area contributed by atoms with Crippen molar-refractivity contribution in [3.8, 4) is 0 Å². The molecule has 0 saturated carbocycles. The van der Waals surface area contributed by atoms with E-state index < -0.39 is 0 Å². The average molecular weight is 305 g/mol. The molecular weight excluding hydrogens is 283 g/mol. The molecule has 1 aromatic rings. The van der Waals surface area contributed by atoms with Gasteiger partial charge in [-0.3, -0.25) is 0 Å². The lowest BCUT2D eigenvalue weighted by molar-refractivity contribution is 0.0675. The molecule has 0 aromatic heterocycles. The molecule has 1 rings (SSSR count). The van der Waals surface area contributed by atoms with Gasteiger partial charge in [-0.05, 0) is 36.8 Å². The number of methoxy groups -OCH3 is 1. The lowest BCUT2D eigenvalue weighted by Crippen LogP contribution is -2.09. The van der Waals surface area contributed by atoms with E-state index in [-0.39, 0.29) is 0 Å². The predicted molar refractivity (Wildman–Crippen MR) is 81.3 cm³/mol. The summed E-state index contributed by atoms with van der Waals surface area (Å²) in [5, 5.41) is 0.828. The number of ether oxygens (including phenoxy) is 2. The standard InChI is InChI=1S/C15H22Cl2O2/c1-18-9-10-19-8-4-5-13(12-16)11-14-6-2-3-7-15(14)17/h2-3,6-7,13H,4-5,8-12H2,1H3. The van der Waals surface area contributed by atoms with Crippen molar-refractivity contribution in [1.82, 2.24) is 0 Å². The number of benzene rings is 1. The Balaban J connectivity index is 2.24. The van der Waals surface area contributed by atoms with Gasteiger partial charge in [0.2, 0.25) is 0 Å². The van der Waals surface area contributed by atoms with Crippen LogP contribution < -0.4 is 0 Å². The van der Waals surface area contributed by atoms with Crippen LogP contribution in [0.1, 0.15) is 18.4 Å². The van der Waals surface area contributed by atoms with Gasteiger partial charge in [0.25, 0.3) is 0 Å². The third-order valence-corrected chi connectivity index (χ3v) is 3.82. The summed E-state index contributed by atoms with van der Waals surface area (Å²) in [6.45, 7) is 2.07. The van der Waals surface area contributed by atoms with Gasteiger partial charge in [-0.25, -0.2) is 0 Å². The normalized spacial score (nSPS) is 12.6. The first-order valence-corrected chi connectivity index (χ1v) is 7.55. The molecule has 0 saturated heterocycles. The molecular formula is C15H22Cl2O2. The molecule has 0 heterocycles. The maximum absolute atomic E-state index is 6.16. The summed E-state index contributed by atoms with van der Waals surface area (Å²) in [6, 6.07) is 7.96. The van der Waals surface area contributed by atoms with Crippen molar-refractivity contribution in [2.24, 2.45) is 5.92 Å². The van der Waals surface area contributed by atoms with Crippen molar-refractivity contribution in [1.29, 1.82) is 0 Å². The van der Waals surface area contributed by atoms with Crippen molar-refractivity contribution < 1.29 is 9.47 Å². The lowest BCUT2D eigenvalue weighted by Gasteiger charge is -2.14. The molecule has 1 unspecified atom stereocenters. The fourth-order valence-electron chi connectivity index (χ4n) is 1.93. The van der Waals surface area contributed by atoms with Crippen LogP contribution in [0.5, 0.6) is 0 Å². The minimum absolute atomic E-state index is 0.451. The molecule has 0 N–H and O–H groups in total. The molecule has 19 heavy (non-hydrogen) atoms. The molecule has 0 aliphatic heterocycles. The van der Waals surface area contributed by atoms with Crippen LogP contribution in [0.3, 0.4) is 0 Å². The van der Waals surface area contributed by atoms with Crippen LogP contribution in [0.4, 0.5) is 0 Å². The topological polar surface area (TPSA) is 18.5 Å². The van der Waals surface area contributed by atoms with Gasteiger partial charge in [-0.15, -0.1) is 11.6 Å². The maximum atomic E-state index is 6.16. The molecule has 0 bridgehead atoms. The molecule has 0 amide bonds. The first kappa shape index (κ1) is 16.8. The molecule has 0 fully saturated rings. The number of halogens is 2. The van der Waals surface area contributed by atoms with Crippen molar-refractivity contribution in [2.45, 2.75) is 19.3 Å². The molecule has 0 aliphatic carbocycles. The second-order valence-corrected chi connectivity index (χ2v) is 5.28. The summed E-state index contributed by atoms with van der Waals surface area (Å²) < 4.78 is 10.4. The smallest absolute Gasteiger partial charge is 0.0700 e. The zero-order chi connectivity index (χ0) is 13.9. The molecule has 0 spiro atoms. The van der Waals surface area contributed by atoms with E-state index in [4.69, 9.17) is 32.7 Å². The third-order valence-electron chi connectivity index (χ3n) is 3.02. The molecule has 0 aliphatic rings. The van der Waals surface area contributed by atoms with Crippen molar-refractivity contribution in [3.05, 3.63) is 34.9 Å². The average Bonchev–Trinajstić information content (AvgIpc) is 2.43. The van der Waals surface area contributed by atoms with Crippen LogP contribution in [0.15, 0.2) is 24.3 Å². The van der Waals surface area contributed by atoms with Gasteiger partial charge in [-0.1, -0.05) is 29.8 Å². The Morgan fingerprint density at radius 2 is 1.95 bits per heavy atom. The highest BCUT2D eigenvalue weighted by molar-refractivity contribution is 6.31. The summed E-state index contributed by atoms with van der Waals surface area (Å²) in [6.07, 6.45) is 3.01. The van der Waals surface area contributed by atoms with Crippen LogP contribution in [0, 0.1) is 5.92 Å². The number of hydrogen-bond acceptors (Lipinski definition) is 2. The summed E-state index contributed by atoms with van der Waals surface area (Å²) in [4.78, 5) is 0. The van der Waals surface area contributed by atoms with Gasteiger partial charge in [0, 0.05) is 24.6 Å². The Morgan fingerprint density at radius 3 is 2.63 bits per heavy atom. The highest BCUT2D eigenvalue weighted by atomic mass is 35.5. The first-order chi connectivity index (χ1) is 9.27. The van der Waals surface area contributed by atoms with Crippen LogP contribution in [0.2, 0.25) is 5.02 Å². The van der Waals surface area contributed by atoms with E-state index in [1.165, 1.54) is 5.56 Å². The molecule has 1 atom stereocenters. The monoisotopic (exact) mass is 304 g/mol. The third kappa shape index (κ3) is 7.17. The van der Waals surface area contributed by atoms with Crippen molar-refractivity contribution >= 4 is 23.2 Å². The maximum Gasteiger partial charge on any atom is 0.0700 e. The van der Waals surface area contributed by atoms with E-state index in [2.05, 4.69) is 6.07 Å². The zero-order valence-electron chi connectivity index (χ0n) is 11.4. The summed E-state index contributed by atoms with van der Waals surface area (Å²) in [5.74, 6) is 1.11. The SMILES string of the molecule is COCCOCCCC(CCl)Cc1ccccc1Cl. The van der Waals surface area contributed by atoms with E-state index >= 15 is 0 Å². The fourth-order valence-corrected chi connectivity index (χ4v) is 2.40.